The van der Waals surface area contributed by atoms with Crippen molar-refractivity contribution in [2.24, 2.45) is 0 Å². The fraction of sp³-hybridized carbons (Fsp3) is 0.222. The second-order valence-corrected chi connectivity index (χ2v) is 3.26. The number of alkyl halides is 4. The van der Waals surface area contributed by atoms with Crippen LogP contribution in [0, 0.1) is 0 Å². The number of carboxylic acids is 1. The summed E-state index contributed by atoms with van der Waals surface area (Å²) < 4.78 is 36.4. The maximum Gasteiger partial charge on any atom is 0.416 e. The number of hydrogen-bond donors (Lipinski definition) is 1. The summed E-state index contributed by atoms with van der Waals surface area (Å²) in [6.07, 6.45) is -4.43. The lowest BCUT2D eigenvalue weighted by atomic mass is 10.1. The molecule has 0 spiro atoms. The van der Waals surface area contributed by atoms with Crippen molar-refractivity contribution < 1.29 is 23.1 Å². The maximum absolute atomic E-state index is 12.1. The Bertz CT molecular complexity index is 359. The minimum atomic E-state index is -4.43. The van der Waals surface area contributed by atoms with E-state index in [4.69, 9.17) is 16.7 Å². The van der Waals surface area contributed by atoms with Crippen molar-refractivity contribution in [2.75, 3.05) is 0 Å². The Kier molecular flexibility index (Phi) is 3.24. The van der Waals surface area contributed by atoms with E-state index in [1.54, 1.807) is 0 Å². The monoisotopic (exact) mass is 238 g/mol. The summed E-state index contributed by atoms with van der Waals surface area (Å²) in [7, 11) is 0. The van der Waals surface area contributed by atoms with E-state index in [-0.39, 0.29) is 5.56 Å². The second kappa shape index (κ2) is 4.10. The summed E-state index contributed by atoms with van der Waals surface area (Å²) in [5, 5.41) is 7.18. The van der Waals surface area contributed by atoms with E-state index in [1.165, 1.54) is 0 Å². The van der Waals surface area contributed by atoms with E-state index in [9.17, 15) is 18.0 Å². The fourth-order valence-corrected chi connectivity index (χ4v) is 1.13. The normalized spacial score (nSPS) is 13.6. The van der Waals surface area contributed by atoms with Gasteiger partial charge < -0.3 is 5.11 Å². The number of hydrogen-bond acceptors (Lipinski definition) is 1. The van der Waals surface area contributed by atoms with Gasteiger partial charge in [0.05, 0.1) is 5.56 Å². The Morgan fingerprint density at radius 3 is 2.07 bits per heavy atom. The highest BCUT2D eigenvalue weighted by atomic mass is 35.5. The molecule has 0 fully saturated rings. The first-order valence-electron chi connectivity index (χ1n) is 3.86. The Morgan fingerprint density at radius 2 is 1.73 bits per heavy atom. The van der Waals surface area contributed by atoms with Crippen LogP contribution in [0.15, 0.2) is 24.3 Å². The molecule has 0 aliphatic rings. The van der Waals surface area contributed by atoms with Gasteiger partial charge in [0.25, 0.3) is 0 Å². The van der Waals surface area contributed by atoms with Gasteiger partial charge in [-0.2, -0.15) is 13.2 Å². The standard InChI is InChI=1S/C9H6ClF3O2/c10-7(8(14)15)5-1-3-6(4-2-5)9(11,12)13/h1-4,7H,(H,14,15)/t7-/m1/s1. The third-order valence-corrected chi connectivity index (χ3v) is 2.19. The highest BCUT2D eigenvalue weighted by Gasteiger charge is 2.30. The summed E-state index contributed by atoms with van der Waals surface area (Å²) in [5.41, 5.74) is -0.710. The second-order valence-electron chi connectivity index (χ2n) is 2.82. The molecule has 2 nitrogen and oxygen atoms in total. The quantitative estimate of drug-likeness (QED) is 0.804. The molecular formula is C9H6ClF3O2. The van der Waals surface area contributed by atoms with Crippen LogP contribution in [0.5, 0.6) is 0 Å². The molecule has 0 unspecified atom stereocenters. The maximum atomic E-state index is 12.1. The van der Waals surface area contributed by atoms with Crippen LogP contribution in [0.3, 0.4) is 0 Å². The fourth-order valence-electron chi connectivity index (χ4n) is 0.984. The van der Waals surface area contributed by atoms with Gasteiger partial charge in [0.15, 0.2) is 5.38 Å². The smallest absolute Gasteiger partial charge is 0.416 e. The van der Waals surface area contributed by atoms with Crippen molar-refractivity contribution >= 4 is 17.6 Å². The molecule has 0 aromatic heterocycles. The molecule has 0 aliphatic heterocycles. The Labute approximate surface area is 88.3 Å². The lowest BCUT2D eigenvalue weighted by Crippen LogP contribution is -2.07. The first kappa shape index (κ1) is 11.8. The molecule has 0 aliphatic carbocycles. The highest BCUT2D eigenvalue weighted by Crippen LogP contribution is 2.30. The van der Waals surface area contributed by atoms with Crippen LogP contribution in [-0.4, -0.2) is 11.1 Å². The molecule has 15 heavy (non-hydrogen) atoms. The zero-order chi connectivity index (χ0) is 11.6. The third-order valence-electron chi connectivity index (χ3n) is 1.75. The van der Waals surface area contributed by atoms with Gasteiger partial charge in [-0.1, -0.05) is 12.1 Å². The van der Waals surface area contributed by atoms with Crippen molar-refractivity contribution in [3.63, 3.8) is 0 Å². The summed E-state index contributed by atoms with van der Waals surface area (Å²) in [6.45, 7) is 0. The van der Waals surface area contributed by atoms with Crippen molar-refractivity contribution in [3.05, 3.63) is 35.4 Å². The molecule has 0 amide bonds. The summed E-state index contributed by atoms with van der Waals surface area (Å²) >= 11 is 5.43. The average Bonchev–Trinajstić information content (AvgIpc) is 2.15. The largest absolute Gasteiger partial charge is 0.480 e. The van der Waals surface area contributed by atoms with Gasteiger partial charge in [-0.05, 0) is 17.7 Å². The van der Waals surface area contributed by atoms with E-state index >= 15 is 0 Å². The molecular weight excluding hydrogens is 233 g/mol. The Hall–Kier alpha value is -1.23. The number of carboxylic acid groups (broad SMARTS) is 1. The van der Waals surface area contributed by atoms with Crippen LogP contribution in [0.25, 0.3) is 0 Å². The van der Waals surface area contributed by atoms with Gasteiger partial charge in [0, 0.05) is 0 Å². The average molecular weight is 239 g/mol. The molecule has 1 aromatic carbocycles. The molecule has 0 radical (unpaired) electrons. The molecule has 0 heterocycles. The summed E-state index contributed by atoms with van der Waals surface area (Å²) in [6, 6.07) is 3.70. The highest BCUT2D eigenvalue weighted by molar-refractivity contribution is 6.29. The summed E-state index contributed by atoms with van der Waals surface area (Å²) in [4.78, 5) is 10.4. The number of aliphatic carboxylic acids is 1. The molecule has 0 saturated carbocycles. The minimum absolute atomic E-state index is 0.122. The molecule has 0 bridgehead atoms. The first-order chi connectivity index (χ1) is 6.82. The van der Waals surface area contributed by atoms with Crippen molar-refractivity contribution in [2.45, 2.75) is 11.6 Å². The number of rotatable bonds is 2. The van der Waals surface area contributed by atoms with Crippen molar-refractivity contribution in [1.29, 1.82) is 0 Å². The van der Waals surface area contributed by atoms with Crippen LogP contribution in [0.2, 0.25) is 0 Å². The number of carbonyl (C=O) groups is 1. The molecule has 1 N–H and O–H groups in total. The lowest BCUT2D eigenvalue weighted by molar-refractivity contribution is -0.137. The van der Waals surface area contributed by atoms with Crippen molar-refractivity contribution in [3.8, 4) is 0 Å². The van der Waals surface area contributed by atoms with E-state index in [2.05, 4.69) is 0 Å². The van der Waals surface area contributed by atoms with Gasteiger partial charge >= 0.3 is 12.1 Å². The van der Waals surface area contributed by atoms with Gasteiger partial charge in [0.1, 0.15) is 0 Å². The summed E-state index contributed by atoms with van der Waals surface area (Å²) in [5.74, 6) is -1.29. The molecule has 1 atom stereocenters. The van der Waals surface area contributed by atoms with Crippen LogP contribution in [0.4, 0.5) is 13.2 Å². The SMILES string of the molecule is O=C(O)[C@H](Cl)c1ccc(C(F)(F)F)cc1. The van der Waals surface area contributed by atoms with Gasteiger partial charge in [-0.25, -0.2) is 0 Å². The van der Waals surface area contributed by atoms with Crippen LogP contribution in [0.1, 0.15) is 16.5 Å². The number of benzene rings is 1. The Balaban J connectivity index is 2.95. The predicted octanol–water partition coefficient (Wildman–Crippen LogP) is 3.07. The third kappa shape index (κ3) is 2.86. The zero-order valence-electron chi connectivity index (χ0n) is 7.25. The molecule has 0 saturated heterocycles. The van der Waals surface area contributed by atoms with Crippen LogP contribution >= 0.6 is 11.6 Å². The lowest BCUT2D eigenvalue weighted by Gasteiger charge is -2.08. The minimum Gasteiger partial charge on any atom is -0.480 e. The Morgan fingerprint density at radius 1 is 1.27 bits per heavy atom. The topological polar surface area (TPSA) is 37.3 Å². The first-order valence-corrected chi connectivity index (χ1v) is 4.30. The molecule has 6 heteroatoms. The van der Waals surface area contributed by atoms with Crippen molar-refractivity contribution in [1.82, 2.24) is 0 Å². The van der Waals surface area contributed by atoms with Gasteiger partial charge in [-0.3, -0.25) is 4.79 Å². The molecule has 82 valence electrons. The molecule has 1 rings (SSSR count). The number of halogens is 4. The van der Waals surface area contributed by atoms with E-state index in [0.29, 0.717) is 0 Å². The van der Waals surface area contributed by atoms with E-state index < -0.39 is 23.1 Å². The van der Waals surface area contributed by atoms with E-state index in [1.807, 2.05) is 0 Å². The molecule has 1 aromatic rings. The van der Waals surface area contributed by atoms with Crippen LogP contribution in [-0.2, 0) is 11.0 Å². The predicted molar refractivity (Wildman–Crippen MR) is 47.7 cm³/mol. The van der Waals surface area contributed by atoms with E-state index in [0.717, 1.165) is 24.3 Å². The zero-order valence-corrected chi connectivity index (χ0v) is 8.01. The van der Waals surface area contributed by atoms with Crippen LogP contribution < -0.4 is 0 Å². The van der Waals surface area contributed by atoms with Gasteiger partial charge in [-0.15, -0.1) is 11.6 Å². The van der Waals surface area contributed by atoms with Gasteiger partial charge in [0.2, 0.25) is 0 Å².